The number of nitrogens with zero attached hydrogens (tertiary/aromatic N) is 1. The van der Waals surface area contributed by atoms with Crippen LogP contribution in [0, 0.1) is 6.92 Å². The van der Waals surface area contributed by atoms with Gasteiger partial charge in [-0.3, -0.25) is 4.79 Å². The summed E-state index contributed by atoms with van der Waals surface area (Å²) in [4.78, 5) is 25.0. The number of hydrogen-bond acceptors (Lipinski definition) is 2. The highest BCUT2D eigenvalue weighted by atomic mass is 79.9. The molecule has 0 aromatic heterocycles. The lowest BCUT2D eigenvalue weighted by molar-refractivity contribution is -0.138. The van der Waals surface area contributed by atoms with Crippen molar-refractivity contribution in [3.63, 3.8) is 0 Å². The second-order valence-corrected chi connectivity index (χ2v) is 6.25. The first kappa shape index (κ1) is 15.8. The third-order valence-corrected chi connectivity index (χ3v) is 4.23. The van der Waals surface area contributed by atoms with E-state index in [1.54, 1.807) is 4.90 Å². The Morgan fingerprint density at radius 1 is 1.43 bits per heavy atom. The van der Waals surface area contributed by atoms with Crippen molar-refractivity contribution in [3.8, 4) is 0 Å². The maximum atomic E-state index is 12.4. The smallest absolute Gasteiger partial charge is 0.322 e. The molecule has 2 N–H and O–H groups in total. The fraction of sp³-hybridized carbons (Fsp3) is 0.467. The molecule has 2 rings (SSSR count). The lowest BCUT2D eigenvalue weighted by atomic mass is 10.00. The normalized spacial score (nSPS) is 18.4. The van der Waals surface area contributed by atoms with E-state index in [0.29, 0.717) is 6.54 Å². The fourth-order valence-corrected chi connectivity index (χ4v) is 2.96. The zero-order valence-corrected chi connectivity index (χ0v) is 13.5. The molecule has 0 saturated carbocycles. The van der Waals surface area contributed by atoms with Crippen molar-refractivity contribution >= 4 is 33.6 Å². The highest BCUT2D eigenvalue weighted by molar-refractivity contribution is 9.10. The monoisotopic (exact) mass is 354 g/mol. The molecule has 2 amide bonds. The van der Waals surface area contributed by atoms with Gasteiger partial charge < -0.3 is 15.3 Å². The minimum absolute atomic E-state index is 0.00485. The first-order chi connectivity index (χ1) is 9.97. The van der Waals surface area contributed by atoms with E-state index in [0.717, 1.165) is 35.0 Å². The largest absolute Gasteiger partial charge is 0.481 e. The predicted octanol–water partition coefficient (Wildman–Crippen LogP) is 3.62. The van der Waals surface area contributed by atoms with Crippen LogP contribution in [0.15, 0.2) is 22.7 Å². The Balaban J connectivity index is 2.10. The molecule has 0 bridgehead atoms. The maximum Gasteiger partial charge on any atom is 0.322 e. The van der Waals surface area contributed by atoms with Crippen LogP contribution < -0.4 is 5.32 Å². The van der Waals surface area contributed by atoms with Gasteiger partial charge in [0.2, 0.25) is 0 Å². The summed E-state index contributed by atoms with van der Waals surface area (Å²) in [6.07, 6.45) is 2.64. The highest BCUT2D eigenvalue weighted by Crippen LogP contribution is 2.24. The molecule has 0 spiro atoms. The van der Waals surface area contributed by atoms with Crippen molar-refractivity contribution in [1.82, 2.24) is 4.90 Å². The summed E-state index contributed by atoms with van der Waals surface area (Å²) >= 11 is 3.38. The third kappa shape index (κ3) is 4.20. The molecule has 1 unspecified atom stereocenters. The molecule has 0 radical (unpaired) electrons. The Kier molecular flexibility index (Phi) is 5.22. The number of amides is 2. The van der Waals surface area contributed by atoms with E-state index in [4.69, 9.17) is 5.11 Å². The molecule has 114 valence electrons. The molecule has 0 aliphatic carbocycles. The molecule has 1 fully saturated rings. The molecule has 6 heteroatoms. The van der Waals surface area contributed by atoms with Crippen LogP contribution in [-0.2, 0) is 4.79 Å². The zero-order chi connectivity index (χ0) is 15.4. The Bertz CT molecular complexity index is 548. The quantitative estimate of drug-likeness (QED) is 0.870. The van der Waals surface area contributed by atoms with Crippen molar-refractivity contribution in [2.45, 2.75) is 38.6 Å². The molecular formula is C15H19BrN2O3. The number of aliphatic carboxylic acids is 1. The Hall–Kier alpha value is -1.56. The average Bonchev–Trinajstić information content (AvgIpc) is 2.42. The van der Waals surface area contributed by atoms with Gasteiger partial charge in [0.1, 0.15) is 0 Å². The van der Waals surface area contributed by atoms with E-state index >= 15 is 0 Å². The maximum absolute atomic E-state index is 12.4. The topological polar surface area (TPSA) is 69.6 Å². The summed E-state index contributed by atoms with van der Waals surface area (Å²) in [5.74, 6) is -0.863. The summed E-state index contributed by atoms with van der Waals surface area (Å²) in [6, 6.07) is 5.25. The Morgan fingerprint density at radius 3 is 2.90 bits per heavy atom. The van der Waals surface area contributed by atoms with E-state index < -0.39 is 5.97 Å². The standard InChI is InChI=1S/C15H19BrN2O3/c1-10-5-6-11(16)8-13(10)17-15(21)18-7-3-2-4-12(18)9-14(19)20/h5-6,8,12H,2-4,7,9H2,1H3,(H,17,21)(H,19,20). The van der Waals surface area contributed by atoms with Gasteiger partial charge in [-0.2, -0.15) is 0 Å². The number of urea groups is 1. The van der Waals surface area contributed by atoms with Crippen LogP contribution >= 0.6 is 15.9 Å². The van der Waals surface area contributed by atoms with E-state index in [1.165, 1.54) is 0 Å². The number of likely N-dealkylation sites (tertiary alicyclic amines) is 1. The van der Waals surface area contributed by atoms with Gasteiger partial charge in [-0.15, -0.1) is 0 Å². The van der Waals surface area contributed by atoms with E-state index in [2.05, 4.69) is 21.2 Å². The Morgan fingerprint density at radius 2 is 2.19 bits per heavy atom. The van der Waals surface area contributed by atoms with Gasteiger partial charge in [-0.25, -0.2) is 4.79 Å². The summed E-state index contributed by atoms with van der Waals surface area (Å²) in [5.41, 5.74) is 1.72. The van der Waals surface area contributed by atoms with Gasteiger partial charge in [-0.1, -0.05) is 22.0 Å². The number of rotatable bonds is 3. The van der Waals surface area contributed by atoms with Crippen LogP contribution in [0.5, 0.6) is 0 Å². The van der Waals surface area contributed by atoms with Crippen molar-refractivity contribution < 1.29 is 14.7 Å². The van der Waals surface area contributed by atoms with Crippen molar-refractivity contribution in [2.24, 2.45) is 0 Å². The highest BCUT2D eigenvalue weighted by Gasteiger charge is 2.28. The van der Waals surface area contributed by atoms with Gasteiger partial charge >= 0.3 is 12.0 Å². The van der Waals surface area contributed by atoms with Gasteiger partial charge in [-0.05, 0) is 43.9 Å². The molecule has 1 aromatic carbocycles. The number of halogens is 1. The van der Waals surface area contributed by atoms with Crippen LogP contribution in [0.1, 0.15) is 31.2 Å². The number of carboxylic acid groups (broad SMARTS) is 1. The van der Waals surface area contributed by atoms with Crippen molar-refractivity contribution in [3.05, 3.63) is 28.2 Å². The number of carboxylic acids is 1. The van der Waals surface area contributed by atoms with Crippen LogP contribution in [0.2, 0.25) is 0 Å². The fourth-order valence-electron chi connectivity index (χ4n) is 2.60. The number of piperidine rings is 1. The predicted molar refractivity (Wildman–Crippen MR) is 84.5 cm³/mol. The minimum atomic E-state index is -0.863. The average molecular weight is 355 g/mol. The number of nitrogens with one attached hydrogen (secondary N) is 1. The molecule has 1 aliphatic rings. The lowest BCUT2D eigenvalue weighted by Crippen LogP contribution is -2.46. The van der Waals surface area contributed by atoms with Crippen molar-refractivity contribution in [1.29, 1.82) is 0 Å². The molecule has 1 saturated heterocycles. The lowest BCUT2D eigenvalue weighted by Gasteiger charge is -2.35. The van der Waals surface area contributed by atoms with Gasteiger partial charge in [0.05, 0.1) is 6.42 Å². The first-order valence-corrected chi connectivity index (χ1v) is 7.82. The Labute approximate surface area is 132 Å². The van der Waals surface area contributed by atoms with Crippen LogP contribution in [0.3, 0.4) is 0 Å². The first-order valence-electron chi connectivity index (χ1n) is 7.03. The molecule has 1 aliphatic heterocycles. The van der Waals surface area contributed by atoms with Crippen LogP contribution in [0.25, 0.3) is 0 Å². The number of benzene rings is 1. The number of carbonyl (C=O) groups excluding carboxylic acids is 1. The van der Waals surface area contributed by atoms with E-state index in [1.807, 2.05) is 25.1 Å². The number of anilines is 1. The number of carbonyl (C=O) groups is 2. The molecule has 1 heterocycles. The number of aryl methyl sites for hydroxylation is 1. The molecule has 1 aromatic rings. The summed E-state index contributed by atoms with van der Waals surface area (Å²) in [6.45, 7) is 2.53. The van der Waals surface area contributed by atoms with E-state index in [-0.39, 0.29) is 18.5 Å². The molecule has 1 atom stereocenters. The minimum Gasteiger partial charge on any atom is -0.481 e. The number of hydrogen-bond donors (Lipinski definition) is 2. The second kappa shape index (κ2) is 6.93. The van der Waals surface area contributed by atoms with Gasteiger partial charge in [0, 0.05) is 22.7 Å². The van der Waals surface area contributed by atoms with Crippen LogP contribution in [-0.4, -0.2) is 34.6 Å². The molecular weight excluding hydrogens is 336 g/mol. The van der Waals surface area contributed by atoms with E-state index in [9.17, 15) is 9.59 Å². The van der Waals surface area contributed by atoms with Gasteiger partial charge in [0.15, 0.2) is 0 Å². The van der Waals surface area contributed by atoms with Crippen molar-refractivity contribution in [2.75, 3.05) is 11.9 Å². The zero-order valence-electron chi connectivity index (χ0n) is 11.9. The molecule has 5 nitrogen and oxygen atoms in total. The van der Waals surface area contributed by atoms with Crippen LogP contribution in [0.4, 0.5) is 10.5 Å². The summed E-state index contributed by atoms with van der Waals surface area (Å²) in [5, 5.41) is 11.9. The third-order valence-electron chi connectivity index (χ3n) is 3.74. The van der Waals surface area contributed by atoms with Gasteiger partial charge in [0.25, 0.3) is 0 Å². The second-order valence-electron chi connectivity index (χ2n) is 5.33. The molecule has 21 heavy (non-hydrogen) atoms. The SMILES string of the molecule is Cc1ccc(Br)cc1NC(=O)N1CCCCC1CC(=O)O. The summed E-state index contributed by atoms with van der Waals surface area (Å²) in [7, 11) is 0. The summed E-state index contributed by atoms with van der Waals surface area (Å²) < 4.78 is 0.893.